The molecule has 0 aromatic heterocycles. The van der Waals surface area contributed by atoms with Crippen LogP contribution < -0.4 is 4.74 Å². The zero-order chi connectivity index (χ0) is 14.4. The smallest absolute Gasteiger partial charge is 0.312 e. The van der Waals surface area contributed by atoms with E-state index in [-0.39, 0.29) is 34.5 Å². The van der Waals surface area contributed by atoms with E-state index < -0.39 is 10.9 Å². The van der Waals surface area contributed by atoms with Crippen LogP contribution in [0.1, 0.15) is 19.3 Å². The van der Waals surface area contributed by atoms with Crippen molar-refractivity contribution in [1.82, 2.24) is 0 Å². The summed E-state index contributed by atoms with van der Waals surface area (Å²) in [6, 6.07) is 2.40. The number of rotatable bonds is 7. The number of carboxylic acid groups (broad SMARTS) is 1. The molecule has 0 fully saturated rings. The maximum absolute atomic E-state index is 10.8. The Labute approximate surface area is 119 Å². The molecule has 8 heteroatoms. The second-order valence-electron chi connectivity index (χ2n) is 3.69. The van der Waals surface area contributed by atoms with Crippen molar-refractivity contribution in [3.63, 3.8) is 0 Å². The first-order valence-corrected chi connectivity index (χ1v) is 6.15. The number of hydrogen-bond donors (Lipinski definition) is 1. The minimum Gasteiger partial charge on any atom is -0.487 e. The van der Waals surface area contributed by atoms with Crippen LogP contribution in [-0.2, 0) is 4.79 Å². The molecule has 0 heterocycles. The molecule has 0 saturated carbocycles. The molecule has 0 aliphatic carbocycles. The quantitative estimate of drug-likeness (QED) is 0.473. The first kappa shape index (κ1) is 15.5. The number of nitro groups is 1. The summed E-state index contributed by atoms with van der Waals surface area (Å²) < 4.78 is 5.24. The molecule has 0 bridgehead atoms. The van der Waals surface area contributed by atoms with E-state index >= 15 is 0 Å². The fourth-order valence-corrected chi connectivity index (χ4v) is 1.65. The van der Waals surface area contributed by atoms with Crippen molar-refractivity contribution < 1.29 is 19.6 Å². The minimum atomic E-state index is -0.888. The zero-order valence-corrected chi connectivity index (χ0v) is 11.3. The minimum absolute atomic E-state index is 0.0229. The van der Waals surface area contributed by atoms with Gasteiger partial charge < -0.3 is 9.84 Å². The third-order valence-corrected chi connectivity index (χ3v) is 2.96. The van der Waals surface area contributed by atoms with Gasteiger partial charge in [0.15, 0.2) is 5.75 Å². The van der Waals surface area contributed by atoms with Crippen LogP contribution in [0.25, 0.3) is 0 Å². The number of carbonyl (C=O) groups is 1. The Hall–Kier alpha value is -1.53. The van der Waals surface area contributed by atoms with Gasteiger partial charge in [-0.25, -0.2) is 0 Å². The van der Waals surface area contributed by atoms with Crippen molar-refractivity contribution in [3.05, 3.63) is 32.3 Å². The standard InChI is InChI=1S/C11H11Cl2NO5/c12-7-5-9(14(17)18)10(6-8(7)13)19-4-2-1-3-11(15)16/h5-6H,1-4H2,(H,15,16). The highest BCUT2D eigenvalue weighted by molar-refractivity contribution is 6.42. The monoisotopic (exact) mass is 307 g/mol. The summed E-state index contributed by atoms with van der Waals surface area (Å²) in [5.41, 5.74) is -0.271. The Morgan fingerprint density at radius 1 is 1.32 bits per heavy atom. The summed E-state index contributed by atoms with van der Waals surface area (Å²) in [5, 5.41) is 19.5. The molecule has 0 aliphatic heterocycles. The van der Waals surface area contributed by atoms with E-state index in [2.05, 4.69) is 0 Å². The molecule has 1 aromatic rings. The van der Waals surface area contributed by atoms with Crippen molar-refractivity contribution in [3.8, 4) is 5.75 Å². The summed E-state index contributed by atoms with van der Waals surface area (Å²) in [6.07, 6.45) is 0.945. The highest BCUT2D eigenvalue weighted by Gasteiger charge is 2.18. The van der Waals surface area contributed by atoms with Gasteiger partial charge in [-0.2, -0.15) is 0 Å². The molecule has 1 N–H and O–H groups in total. The van der Waals surface area contributed by atoms with Crippen molar-refractivity contribution in [2.24, 2.45) is 0 Å². The van der Waals surface area contributed by atoms with Gasteiger partial charge in [-0.3, -0.25) is 14.9 Å². The summed E-state index contributed by atoms with van der Waals surface area (Å²) in [7, 11) is 0. The fraction of sp³-hybridized carbons (Fsp3) is 0.364. The molecule has 0 aliphatic rings. The fourth-order valence-electron chi connectivity index (χ4n) is 1.34. The predicted molar refractivity (Wildman–Crippen MR) is 70.1 cm³/mol. The lowest BCUT2D eigenvalue weighted by molar-refractivity contribution is -0.385. The van der Waals surface area contributed by atoms with E-state index in [1.165, 1.54) is 6.07 Å². The van der Waals surface area contributed by atoms with Gasteiger partial charge in [0, 0.05) is 18.6 Å². The first-order valence-electron chi connectivity index (χ1n) is 5.40. The van der Waals surface area contributed by atoms with Gasteiger partial charge in [-0.15, -0.1) is 0 Å². The number of nitro benzene ring substituents is 1. The zero-order valence-electron chi connectivity index (χ0n) is 9.77. The summed E-state index contributed by atoms with van der Waals surface area (Å²) in [6.45, 7) is 0.173. The van der Waals surface area contributed by atoms with Crippen LogP contribution in [0.5, 0.6) is 5.75 Å². The van der Waals surface area contributed by atoms with Gasteiger partial charge in [0.05, 0.1) is 21.6 Å². The molecular weight excluding hydrogens is 297 g/mol. The molecule has 0 amide bonds. The molecule has 104 valence electrons. The highest BCUT2D eigenvalue weighted by atomic mass is 35.5. The third-order valence-electron chi connectivity index (χ3n) is 2.24. The van der Waals surface area contributed by atoms with Crippen molar-refractivity contribution >= 4 is 34.9 Å². The van der Waals surface area contributed by atoms with Gasteiger partial charge in [0.1, 0.15) is 0 Å². The van der Waals surface area contributed by atoms with E-state index in [9.17, 15) is 14.9 Å². The molecule has 19 heavy (non-hydrogen) atoms. The molecule has 1 rings (SSSR count). The molecule has 1 aromatic carbocycles. The molecule has 0 radical (unpaired) electrons. The topological polar surface area (TPSA) is 89.7 Å². The SMILES string of the molecule is O=C(O)CCCCOc1cc(Cl)c(Cl)cc1[N+](=O)[O-]. The summed E-state index contributed by atoms with van der Waals surface area (Å²) in [5.74, 6) is -0.866. The lowest BCUT2D eigenvalue weighted by Crippen LogP contribution is -2.02. The van der Waals surface area contributed by atoms with E-state index in [1.54, 1.807) is 0 Å². The van der Waals surface area contributed by atoms with Gasteiger partial charge >= 0.3 is 11.7 Å². The third kappa shape index (κ3) is 4.92. The Balaban J connectivity index is 2.64. The Morgan fingerprint density at radius 3 is 2.53 bits per heavy atom. The average molecular weight is 308 g/mol. The molecule has 0 unspecified atom stereocenters. The molecule has 0 atom stereocenters. The number of ether oxygens (including phenoxy) is 1. The number of hydrogen-bond acceptors (Lipinski definition) is 4. The molecular formula is C11H11Cl2NO5. The number of carboxylic acids is 1. The molecule has 0 saturated heterocycles. The largest absolute Gasteiger partial charge is 0.487 e. The van der Waals surface area contributed by atoms with Crippen molar-refractivity contribution in [2.75, 3.05) is 6.61 Å². The van der Waals surface area contributed by atoms with E-state index in [4.69, 9.17) is 33.0 Å². The number of aliphatic carboxylic acids is 1. The number of unbranched alkanes of at least 4 members (excludes halogenated alkanes) is 1. The summed E-state index contributed by atoms with van der Waals surface area (Å²) in [4.78, 5) is 20.5. The second kappa shape index (κ2) is 7.16. The van der Waals surface area contributed by atoms with E-state index in [0.717, 1.165) is 6.07 Å². The van der Waals surface area contributed by atoms with Gasteiger partial charge in [-0.05, 0) is 12.8 Å². The van der Waals surface area contributed by atoms with Crippen LogP contribution in [-0.4, -0.2) is 22.6 Å². The second-order valence-corrected chi connectivity index (χ2v) is 4.50. The Kier molecular flexibility index (Phi) is 5.85. The lowest BCUT2D eigenvalue weighted by atomic mass is 10.2. The van der Waals surface area contributed by atoms with Gasteiger partial charge in [0.25, 0.3) is 0 Å². The van der Waals surface area contributed by atoms with Crippen LogP contribution in [0.15, 0.2) is 12.1 Å². The number of nitrogens with zero attached hydrogens (tertiary/aromatic N) is 1. The van der Waals surface area contributed by atoms with E-state index in [1.807, 2.05) is 0 Å². The summed E-state index contributed by atoms with van der Waals surface area (Å²) >= 11 is 11.5. The number of halogens is 2. The van der Waals surface area contributed by atoms with Crippen LogP contribution in [0.4, 0.5) is 5.69 Å². The molecule has 6 nitrogen and oxygen atoms in total. The molecule has 0 spiro atoms. The van der Waals surface area contributed by atoms with Crippen LogP contribution >= 0.6 is 23.2 Å². The maximum atomic E-state index is 10.8. The van der Waals surface area contributed by atoms with Crippen LogP contribution in [0.3, 0.4) is 0 Å². The van der Waals surface area contributed by atoms with Crippen LogP contribution in [0, 0.1) is 10.1 Å². The van der Waals surface area contributed by atoms with Gasteiger partial charge in [0.2, 0.25) is 0 Å². The number of benzene rings is 1. The van der Waals surface area contributed by atoms with Crippen molar-refractivity contribution in [2.45, 2.75) is 19.3 Å². The average Bonchev–Trinajstić information content (AvgIpc) is 2.32. The Morgan fingerprint density at radius 2 is 1.95 bits per heavy atom. The highest BCUT2D eigenvalue weighted by Crippen LogP contribution is 2.35. The maximum Gasteiger partial charge on any atom is 0.312 e. The van der Waals surface area contributed by atoms with E-state index in [0.29, 0.717) is 12.8 Å². The first-order chi connectivity index (χ1) is 8.91. The lowest BCUT2D eigenvalue weighted by Gasteiger charge is -2.07. The predicted octanol–water partition coefficient (Wildman–Crippen LogP) is 3.54. The van der Waals surface area contributed by atoms with Crippen molar-refractivity contribution in [1.29, 1.82) is 0 Å². The van der Waals surface area contributed by atoms with Gasteiger partial charge in [-0.1, -0.05) is 23.2 Å². The Bertz CT molecular complexity index is 492. The normalized spacial score (nSPS) is 10.2. The van der Waals surface area contributed by atoms with Crippen LogP contribution in [0.2, 0.25) is 10.0 Å².